The van der Waals surface area contributed by atoms with Crippen LogP contribution in [0, 0.1) is 5.92 Å². The second-order valence-corrected chi connectivity index (χ2v) is 5.50. The van der Waals surface area contributed by atoms with Crippen molar-refractivity contribution in [1.29, 1.82) is 0 Å². The minimum absolute atomic E-state index is 0.00210. The van der Waals surface area contributed by atoms with Crippen LogP contribution in [0.4, 0.5) is 0 Å². The van der Waals surface area contributed by atoms with E-state index >= 15 is 0 Å². The smallest absolute Gasteiger partial charge is 0.224 e. The average Bonchev–Trinajstić information content (AvgIpc) is 3.34. The molecule has 3 heteroatoms. The molecule has 0 heterocycles. The summed E-state index contributed by atoms with van der Waals surface area (Å²) < 4.78 is 0. The van der Waals surface area contributed by atoms with Gasteiger partial charge < -0.3 is 10.4 Å². The Labute approximate surface area is 124 Å². The average molecular weight is 281 g/mol. The molecule has 21 heavy (non-hydrogen) atoms. The maximum Gasteiger partial charge on any atom is 0.224 e. The number of hydrogen-bond acceptors (Lipinski definition) is 2. The second-order valence-electron chi connectivity index (χ2n) is 5.50. The van der Waals surface area contributed by atoms with E-state index < -0.39 is 0 Å². The van der Waals surface area contributed by atoms with Crippen LogP contribution in [0.2, 0.25) is 0 Å². The van der Waals surface area contributed by atoms with Crippen molar-refractivity contribution < 1.29 is 9.90 Å². The van der Waals surface area contributed by atoms with Gasteiger partial charge in [-0.05, 0) is 29.0 Å². The zero-order valence-electron chi connectivity index (χ0n) is 11.8. The number of rotatable bonds is 5. The minimum atomic E-state index is 0.00210. The molecule has 1 amide bonds. The Bertz CT molecular complexity index is 624. The molecule has 2 aromatic carbocycles. The molecule has 3 rings (SSSR count). The minimum Gasteiger partial charge on any atom is -0.392 e. The van der Waals surface area contributed by atoms with Gasteiger partial charge >= 0.3 is 0 Å². The van der Waals surface area contributed by atoms with Gasteiger partial charge in [-0.2, -0.15) is 0 Å². The number of carbonyl (C=O) groups is 1. The molecular formula is C18H19NO2. The van der Waals surface area contributed by atoms with E-state index in [2.05, 4.69) is 17.4 Å². The molecular weight excluding hydrogens is 262 g/mol. The van der Waals surface area contributed by atoms with Crippen LogP contribution in [0.5, 0.6) is 0 Å². The Morgan fingerprint density at radius 2 is 1.71 bits per heavy atom. The number of nitrogens with one attached hydrogen (secondary N) is 1. The zero-order valence-corrected chi connectivity index (χ0v) is 11.8. The van der Waals surface area contributed by atoms with E-state index in [9.17, 15) is 9.90 Å². The van der Waals surface area contributed by atoms with Gasteiger partial charge in [0.2, 0.25) is 5.91 Å². The summed E-state index contributed by atoms with van der Waals surface area (Å²) in [7, 11) is 0. The van der Waals surface area contributed by atoms with Crippen LogP contribution in [0.1, 0.15) is 29.0 Å². The third kappa shape index (κ3) is 3.14. The highest BCUT2D eigenvalue weighted by atomic mass is 16.3. The van der Waals surface area contributed by atoms with Crippen molar-refractivity contribution >= 4 is 5.91 Å². The highest BCUT2D eigenvalue weighted by Gasteiger charge is 2.43. The largest absolute Gasteiger partial charge is 0.392 e. The van der Waals surface area contributed by atoms with Crippen molar-refractivity contribution in [2.45, 2.75) is 25.5 Å². The molecule has 0 aliphatic heterocycles. The fourth-order valence-corrected chi connectivity index (χ4v) is 2.75. The quantitative estimate of drug-likeness (QED) is 0.885. The van der Waals surface area contributed by atoms with Gasteiger partial charge in [0.05, 0.1) is 6.61 Å². The molecule has 1 aliphatic rings. The van der Waals surface area contributed by atoms with E-state index in [1.165, 1.54) is 5.56 Å². The number of benzene rings is 2. The highest BCUT2D eigenvalue weighted by Crippen LogP contribution is 2.47. The van der Waals surface area contributed by atoms with Gasteiger partial charge in [-0.3, -0.25) is 4.79 Å². The van der Waals surface area contributed by atoms with Gasteiger partial charge in [-0.1, -0.05) is 54.6 Å². The van der Waals surface area contributed by atoms with Crippen LogP contribution in [-0.2, 0) is 17.9 Å². The molecule has 0 aromatic heterocycles. The van der Waals surface area contributed by atoms with Crippen LogP contribution < -0.4 is 5.32 Å². The highest BCUT2D eigenvalue weighted by molar-refractivity contribution is 5.82. The Morgan fingerprint density at radius 1 is 1.05 bits per heavy atom. The first-order chi connectivity index (χ1) is 10.3. The molecule has 0 saturated heterocycles. The first kappa shape index (κ1) is 13.8. The predicted octanol–water partition coefficient (Wildman–Crippen LogP) is 2.60. The second kappa shape index (κ2) is 6.10. The lowest BCUT2D eigenvalue weighted by molar-refractivity contribution is -0.122. The Hall–Kier alpha value is -2.13. The van der Waals surface area contributed by atoms with Crippen molar-refractivity contribution in [3.8, 4) is 0 Å². The first-order valence-corrected chi connectivity index (χ1v) is 7.30. The van der Waals surface area contributed by atoms with Gasteiger partial charge in [0.15, 0.2) is 0 Å². The lowest BCUT2D eigenvalue weighted by atomic mass is 10.1. The molecule has 0 spiro atoms. The number of aliphatic hydroxyl groups is 1. The van der Waals surface area contributed by atoms with E-state index in [1.54, 1.807) is 0 Å². The molecule has 2 atom stereocenters. The van der Waals surface area contributed by atoms with Crippen LogP contribution in [0.3, 0.4) is 0 Å². The molecule has 0 radical (unpaired) electrons. The predicted molar refractivity (Wildman–Crippen MR) is 81.5 cm³/mol. The normalized spacial score (nSPS) is 20.0. The van der Waals surface area contributed by atoms with Crippen molar-refractivity contribution in [1.82, 2.24) is 5.32 Å². The Balaban J connectivity index is 1.56. The summed E-state index contributed by atoms with van der Waals surface area (Å²) in [5.74, 6) is 0.560. The fourth-order valence-electron chi connectivity index (χ4n) is 2.75. The third-order valence-corrected chi connectivity index (χ3v) is 4.10. The summed E-state index contributed by atoms with van der Waals surface area (Å²) >= 11 is 0. The number of hydrogen-bond donors (Lipinski definition) is 2. The Kier molecular flexibility index (Phi) is 4.02. The lowest BCUT2D eigenvalue weighted by Gasteiger charge is -2.09. The molecule has 0 bridgehead atoms. The SMILES string of the molecule is O=C(NCc1ccccc1CO)C1CC1c1ccccc1. The fraction of sp³-hybridized carbons (Fsp3) is 0.278. The van der Waals surface area contributed by atoms with Crippen molar-refractivity contribution in [3.63, 3.8) is 0 Å². The molecule has 108 valence electrons. The van der Waals surface area contributed by atoms with E-state index in [4.69, 9.17) is 0 Å². The number of aliphatic hydroxyl groups excluding tert-OH is 1. The van der Waals surface area contributed by atoms with Crippen molar-refractivity contribution in [2.24, 2.45) is 5.92 Å². The van der Waals surface area contributed by atoms with Crippen LogP contribution in [0.25, 0.3) is 0 Å². The van der Waals surface area contributed by atoms with E-state index in [0.717, 1.165) is 17.5 Å². The maximum absolute atomic E-state index is 12.2. The molecule has 2 aromatic rings. The van der Waals surface area contributed by atoms with Gasteiger partial charge in [0.1, 0.15) is 0 Å². The topological polar surface area (TPSA) is 49.3 Å². The van der Waals surface area contributed by atoms with E-state index in [1.807, 2.05) is 42.5 Å². The zero-order chi connectivity index (χ0) is 14.7. The molecule has 1 saturated carbocycles. The molecule has 1 aliphatic carbocycles. The maximum atomic E-state index is 12.2. The van der Waals surface area contributed by atoms with Gasteiger partial charge in [0, 0.05) is 12.5 Å². The molecule has 3 nitrogen and oxygen atoms in total. The van der Waals surface area contributed by atoms with E-state index in [0.29, 0.717) is 12.5 Å². The summed E-state index contributed by atoms with van der Waals surface area (Å²) in [4.78, 5) is 12.2. The van der Waals surface area contributed by atoms with Crippen LogP contribution in [-0.4, -0.2) is 11.0 Å². The first-order valence-electron chi connectivity index (χ1n) is 7.30. The summed E-state index contributed by atoms with van der Waals surface area (Å²) in [6, 6.07) is 17.8. The molecule has 2 N–H and O–H groups in total. The third-order valence-electron chi connectivity index (χ3n) is 4.10. The van der Waals surface area contributed by atoms with Crippen LogP contribution >= 0.6 is 0 Å². The van der Waals surface area contributed by atoms with Crippen molar-refractivity contribution in [3.05, 3.63) is 71.3 Å². The van der Waals surface area contributed by atoms with E-state index in [-0.39, 0.29) is 18.4 Å². The van der Waals surface area contributed by atoms with Gasteiger partial charge in [0.25, 0.3) is 0 Å². The number of amides is 1. The summed E-state index contributed by atoms with van der Waals surface area (Å²) in [5.41, 5.74) is 3.09. The standard InChI is InChI=1S/C18H19NO2/c20-12-15-9-5-4-8-14(15)11-19-18(21)17-10-16(17)13-6-2-1-3-7-13/h1-9,16-17,20H,10-12H2,(H,19,21). The molecule has 2 unspecified atom stereocenters. The van der Waals surface area contributed by atoms with Crippen LogP contribution in [0.15, 0.2) is 54.6 Å². The van der Waals surface area contributed by atoms with Gasteiger partial charge in [-0.15, -0.1) is 0 Å². The summed E-state index contributed by atoms with van der Waals surface area (Å²) in [5, 5.41) is 12.3. The monoisotopic (exact) mass is 281 g/mol. The molecule has 1 fully saturated rings. The van der Waals surface area contributed by atoms with Crippen molar-refractivity contribution in [2.75, 3.05) is 0 Å². The summed E-state index contributed by atoms with van der Waals surface area (Å²) in [6.45, 7) is 0.482. The Morgan fingerprint density at radius 3 is 2.43 bits per heavy atom. The number of carbonyl (C=O) groups excluding carboxylic acids is 1. The lowest BCUT2D eigenvalue weighted by Crippen LogP contribution is -2.25. The summed E-state index contributed by atoms with van der Waals surface area (Å²) in [6.07, 6.45) is 0.928. The van der Waals surface area contributed by atoms with Gasteiger partial charge in [-0.25, -0.2) is 0 Å².